The summed E-state index contributed by atoms with van der Waals surface area (Å²) in [7, 11) is 3.10. The SMILES string of the molecule is COc1ccc(NC(=O)c2cc3c(CO)cnc(C)c3oc2=[NH+]c2cc(Cl)ccc2OC)cc1. The van der Waals surface area contributed by atoms with E-state index in [-0.39, 0.29) is 17.7 Å². The molecule has 0 aliphatic rings. The van der Waals surface area contributed by atoms with Crippen LogP contribution >= 0.6 is 11.6 Å². The number of aliphatic hydroxyl groups excluding tert-OH is 1. The Morgan fingerprint density at radius 2 is 1.91 bits per heavy atom. The standard InChI is InChI=1S/C25H22ClN3O5/c1-14-23-19(15(13-30)12-27-14)11-20(24(31)28-17-5-7-18(32-2)8-6-17)25(34-23)29-21-10-16(26)4-9-22(21)33-3/h4-12,30H,13H2,1-3H3,(H,28,31)/p+1. The zero-order chi connectivity index (χ0) is 24.2. The zero-order valence-corrected chi connectivity index (χ0v) is 19.6. The van der Waals surface area contributed by atoms with Crippen molar-refractivity contribution in [3.63, 3.8) is 0 Å². The second kappa shape index (κ2) is 9.94. The van der Waals surface area contributed by atoms with E-state index in [4.69, 9.17) is 25.5 Å². The van der Waals surface area contributed by atoms with Crippen molar-refractivity contribution in [3.05, 3.63) is 82.1 Å². The Labute approximate surface area is 200 Å². The normalized spacial score (nSPS) is 11.5. The molecule has 2 heterocycles. The van der Waals surface area contributed by atoms with E-state index in [9.17, 15) is 9.90 Å². The maximum Gasteiger partial charge on any atom is 0.385 e. The number of aliphatic hydroxyl groups is 1. The van der Waals surface area contributed by atoms with Crippen molar-refractivity contribution in [1.82, 2.24) is 4.98 Å². The molecule has 9 heteroatoms. The number of nitrogens with zero attached hydrogens (tertiary/aromatic N) is 1. The number of methoxy groups -OCH3 is 2. The average molecular weight is 481 g/mol. The third-order valence-electron chi connectivity index (χ3n) is 5.24. The van der Waals surface area contributed by atoms with E-state index in [0.29, 0.717) is 50.1 Å². The first-order chi connectivity index (χ1) is 16.4. The smallest absolute Gasteiger partial charge is 0.385 e. The van der Waals surface area contributed by atoms with Crippen LogP contribution in [-0.2, 0) is 6.61 Å². The fourth-order valence-electron chi connectivity index (χ4n) is 3.46. The van der Waals surface area contributed by atoms with Gasteiger partial charge in [-0.3, -0.25) is 9.78 Å². The molecule has 0 saturated heterocycles. The van der Waals surface area contributed by atoms with E-state index in [2.05, 4.69) is 15.3 Å². The van der Waals surface area contributed by atoms with Gasteiger partial charge in [-0.15, -0.1) is 0 Å². The molecule has 4 aromatic rings. The van der Waals surface area contributed by atoms with Crippen LogP contribution in [0.15, 0.2) is 59.1 Å². The van der Waals surface area contributed by atoms with Gasteiger partial charge < -0.3 is 24.3 Å². The maximum absolute atomic E-state index is 13.4. The predicted octanol–water partition coefficient (Wildman–Crippen LogP) is 2.86. The predicted molar refractivity (Wildman–Crippen MR) is 127 cm³/mol. The van der Waals surface area contributed by atoms with E-state index >= 15 is 0 Å². The van der Waals surface area contributed by atoms with Crippen LogP contribution in [0.5, 0.6) is 11.5 Å². The summed E-state index contributed by atoms with van der Waals surface area (Å²) in [6, 6.07) is 13.7. The Morgan fingerprint density at radius 3 is 2.59 bits per heavy atom. The largest absolute Gasteiger partial charge is 0.497 e. The van der Waals surface area contributed by atoms with Gasteiger partial charge in [-0.2, -0.15) is 4.99 Å². The van der Waals surface area contributed by atoms with E-state index in [0.717, 1.165) is 0 Å². The lowest BCUT2D eigenvalue weighted by molar-refractivity contribution is -0.418. The number of aromatic nitrogens is 1. The minimum Gasteiger partial charge on any atom is -0.497 e. The number of carbonyl (C=O) groups is 1. The second-order valence-electron chi connectivity index (χ2n) is 7.41. The molecule has 0 aliphatic carbocycles. The van der Waals surface area contributed by atoms with Gasteiger partial charge in [0.05, 0.1) is 26.5 Å². The number of carbonyl (C=O) groups excluding carboxylic acids is 1. The lowest BCUT2D eigenvalue weighted by Gasteiger charge is -2.09. The molecule has 8 nitrogen and oxygen atoms in total. The van der Waals surface area contributed by atoms with Gasteiger partial charge in [0.1, 0.15) is 5.75 Å². The summed E-state index contributed by atoms with van der Waals surface area (Å²) in [6.07, 6.45) is 1.56. The van der Waals surface area contributed by atoms with Crippen molar-refractivity contribution in [2.45, 2.75) is 13.5 Å². The van der Waals surface area contributed by atoms with Gasteiger partial charge in [-0.1, -0.05) is 11.6 Å². The van der Waals surface area contributed by atoms with Crippen LogP contribution in [0.3, 0.4) is 0 Å². The van der Waals surface area contributed by atoms with Crippen LogP contribution in [0.1, 0.15) is 21.6 Å². The van der Waals surface area contributed by atoms with E-state index < -0.39 is 5.91 Å². The number of anilines is 1. The number of aryl methyl sites for hydroxylation is 1. The molecule has 0 spiro atoms. The van der Waals surface area contributed by atoms with Crippen LogP contribution in [-0.4, -0.2) is 30.2 Å². The Morgan fingerprint density at radius 1 is 1.15 bits per heavy atom. The molecule has 0 unspecified atom stereocenters. The van der Waals surface area contributed by atoms with E-state index in [1.807, 2.05) is 0 Å². The highest BCUT2D eigenvalue weighted by atomic mass is 35.5. The molecule has 0 fully saturated rings. The molecule has 174 valence electrons. The summed E-state index contributed by atoms with van der Waals surface area (Å²) in [4.78, 5) is 20.8. The van der Waals surface area contributed by atoms with Gasteiger partial charge >= 0.3 is 5.55 Å². The summed E-state index contributed by atoms with van der Waals surface area (Å²) in [5, 5.41) is 13.7. The van der Waals surface area contributed by atoms with Crippen molar-refractivity contribution in [2.75, 3.05) is 19.5 Å². The molecule has 34 heavy (non-hydrogen) atoms. The molecule has 4 rings (SSSR count). The summed E-state index contributed by atoms with van der Waals surface area (Å²) < 4.78 is 16.7. The van der Waals surface area contributed by atoms with Crippen molar-refractivity contribution in [1.29, 1.82) is 0 Å². The number of benzene rings is 2. The van der Waals surface area contributed by atoms with Crippen molar-refractivity contribution in [2.24, 2.45) is 0 Å². The lowest BCUT2D eigenvalue weighted by atomic mass is 10.1. The lowest BCUT2D eigenvalue weighted by Crippen LogP contribution is -2.71. The number of fused-ring (bicyclic) bond motifs is 1. The fraction of sp³-hybridized carbons (Fsp3) is 0.160. The van der Waals surface area contributed by atoms with Crippen LogP contribution in [0.25, 0.3) is 11.0 Å². The Kier molecular flexibility index (Phi) is 6.81. The summed E-state index contributed by atoms with van der Waals surface area (Å²) in [5.74, 6) is 0.766. The number of ether oxygens (including phenoxy) is 2. The number of nitrogens with one attached hydrogen (secondary N) is 2. The number of pyridine rings is 1. The number of hydrogen-bond acceptors (Lipinski definition) is 6. The third-order valence-corrected chi connectivity index (χ3v) is 5.48. The fourth-order valence-corrected chi connectivity index (χ4v) is 3.63. The quantitative estimate of drug-likeness (QED) is 0.391. The Balaban J connectivity index is 1.92. The average Bonchev–Trinajstić information content (AvgIpc) is 2.85. The highest BCUT2D eigenvalue weighted by molar-refractivity contribution is 6.30. The van der Waals surface area contributed by atoms with Gasteiger partial charge in [-0.05, 0) is 49.4 Å². The number of rotatable bonds is 6. The maximum atomic E-state index is 13.4. The molecule has 0 bridgehead atoms. The van der Waals surface area contributed by atoms with Gasteiger partial charge in [0.15, 0.2) is 16.9 Å². The van der Waals surface area contributed by atoms with Gasteiger partial charge in [0.2, 0.25) is 5.69 Å². The third kappa shape index (κ3) is 4.73. The Bertz CT molecular complexity index is 1430. The first-order valence-electron chi connectivity index (χ1n) is 10.4. The topological polar surface area (TPSA) is 108 Å². The summed E-state index contributed by atoms with van der Waals surface area (Å²) in [6.45, 7) is 1.53. The summed E-state index contributed by atoms with van der Waals surface area (Å²) in [5.41, 5.74) is 3.05. The van der Waals surface area contributed by atoms with Crippen LogP contribution in [0, 0.1) is 6.92 Å². The number of hydrogen-bond donors (Lipinski definition) is 3. The highest BCUT2D eigenvalue weighted by Gasteiger charge is 2.21. The second-order valence-corrected chi connectivity index (χ2v) is 7.85. The van der Waals surface area contributed by atoms with Crippen LogP contribution < -0.4 is 25.3 Å². The minimum atomic E-state index is -0.419. The molecule has 3 N–H and O–H groups in total. The molecule has 0 aliphatic heterocycles. The van der Waals surface area contributed by atoms with Crippen molar-refractivity contribution >= 4 is 39.9 Å². The minimum absolute atomic E-state index is 0.166. The van der Waals surface area contributed by atoms with E-state index in [1.165, 1.54) is 7.11 Å². The number of amides is 1. The monoisotopic (exact) mass is 480 g/mol. The van der Waals surface area contributed by atoms with Gasteiger partial charge in [-0.25, -0.2) is 0 Å². The Hall–Kier alpha value is -3.88. The zero-order valence-electron chi connectivity index (χ0n) is 18.8. The number of halogens is 1. The van der Waals surface area contributed by atoms with Crippen LogP contribution in [0.4, 0.5) is 11.4 Å². The molecular formula is C25H23ClN3O5+. The molecule has 2 aromatic carbocycles. The molecule has 0 radical (unpaired) electrons. The van der Waals surface area contributed by atoms with Gasteiger partial charge in [0.25, 0.3) is 5.91 Å². The molecule has 2 aromatic heterocycles. The first kappa shape index (κ1) is 23.3. The van der Waals surface area contributed by atoms with Crippen molar-refractivity contribution in [3.8, 4) is 11.5 Å². The van der Waals surface area contributed by atoms with Crippen molar-refractivity contribution < 1.29 is 28.8 Å². The summed E-state index contributed by atoms with van der Waals surface area (Å²) >= 11 is 6.18. The van der Waals surface area contributed by atoms with E-state index in [1.54, 1.807) is 68.8 Å². The first-order valence-corrected chi connectivity index (χ1v) is 10.7. The van der Waals surface area contributed by atoms with Crippen LogP contribution in [0.2, 0.25) is 5.02 Å². The molecule has 0 saturated carbocycles. The molecular weight excluding hydrogens is 458 g/mol. The van der Waals surface area contributed by atoms with Gasteiger partial charge in [0, 0.05) is 33.9 Å². The molecule has 0 atom stereocenters. The highest BCUT2D eigenvalue weighted by Crippen LogP contribution is 2.24. The molecule has 1 amide bonds.